The van der Waals surface area contributed by atoms with E-state index in [1.54, 1.807) is 0 Å². The van der Waals surface area contributed by atoms with Crippen LogP contribution in [0.25, 0.3) is 10.9 Å². The number of aromatic nitrogens is 1. The van der Waals surface area contributed by atoms with Crippen LogP contribution in [0.2, 0.25) is 5.02 Å². The van der Waals surface area contributed by atoms with Gasteiger partial charge in [0.25, 0.3) is 0 Å². The molecule has 1 heterocycles. The first-order valence-electron chi connectivity index (χ1n) is 6.34. The lowest BCUT2D eigenvalue weighted by atomic mass is 9.77. The van der Waals surface area contributed by atoms with Gasteiger partial charge in [0.05, 0.1) is 6.61 Å². The van der Waals surface area contributed by atoms with Crippen molar-refractivity contribution in [2.24, 2.45) is 0 Å². The summed E-state index contributed by atoms with van der Waals surface area (Å²) in [6.45, 7) is 1.00. The van der Waals surface area contributed by atoms with Crippen molar-refractivity contribution in [3.8, 4) is 0 Å². The minimum absolute atomic E-state index is 0.0456. The van der Waals surface area contributed by atoms with E-state index < -0.39 is 0 Å². The number of aromatic amines is 1. The summed E-state index contributed by atoms with van der Waals surface area (Å²) >= 11 is 5.96. The number of aliphatic hydroxyl groups is 1. The van der Waals surface area contributed by atoms with Crippen LogP contribution in [-0.2, 0) is 6.54 Å². The molecule has 1 aliphatic rings. The molecular formula is C14H17ClN2O. The lowest BCUT2D eigenvalue weighted by Crippen LogP contribution is -2.53. The van der Waals surface area contributed by atoms with Crippen LogP contribution in [-0.4, -0.2) is 22.2 Å². The normalized spacial score (nSPS) is 17.9. The van der Waals surface area contributed by atoms with E-state index >= 15 is 0 Å². The molecule has 2 aromatic rings. The summed E-state index contributed by atoms with van der Waals surface area (Å²) in [6.07, 6.45) is 5.35. The molecule has 0 atom stereocenters. The van der Waals surface area contributed by atoms with Crippen molar-refractivity contribution in [1.29, 1.82) is 0 Å². The average molecular weight is 265 g/mol. The molecule has 4 heteroatoms. The van der Waals surface area contributed by atoms with Crippen molar-refractivity contribution >= 4 is 22.5 Å². The third-order valence-electron chi connectivity index (χ3n) is 4.00. The summed E-state index contributed by atoms with van der Waals surface area (Å²) in [6, 6.07) is 5.88. The molecule has 3 rings (SSSR count). The highest BCUT2D eigenvalue weighted by Crippen LogP contribution is 2.32. The van der Waals surface area contributed by atoms with Crippen LogP contribution in [0, 0.1) is 0 Å². The zero-order valence-electron chi connectivity index (χ0n) is 10.2. The van der Waals surface area contributed by atoms with Crippen molar-refractivity contribution < 1.29 is 5.11 Å². The molecule has 0 radical (unpaired) electrons. The Labute approximate surface area is 111 Å². The Morgan fingerprint density at radius 1 is 1.39 bits per heavy atom. The van der Waals surface area contributed by atoms with E-state index in [1.165, 1.54) is 17.4 Å². The Morgan fingerprint density at radius 2 is 2.22 bits per heavy atom. The van der Waals surface area contributed by atoms with E-state index in [-0.39, 0.29) is 12.1 Å². The molecule has 1 aromatic carbocycles. The fourth-order valence-corrected chi connectivity index (χ4v) is 2.75. The first kappa shape index (κ1) is 12.0. The van der Waals surface area contributed by atoms with E-state index in [1.807, 2.05) is 24.4 Å². The largest absolute Gasteiger partial charge is 0.394 e. The quantitative estimate of drug-likeness (QED) is 0.795. The van der Waals surface area contributed by atoms with E-state index in [4.69, 9.17) is 11.6 Å². The van der Waals surface area contributed by atoms with Gasteiger partial charge in [-0.05, 0) is 37.0 Å². The zero-order valence-corrected chi connectivity index (χ0v) is 10.9. The molecule has 1 saturated carbocycles. The van der Waals surface area contributed by atoms with Crippen molar-refractivity contribution in [1.82, 2.24) is 10.3 Å². The van der Waals surface area contributed by atoms with Crippen LogP contribution in [0.3, 0.4) is 0 Å². The molecule has 3 N–H and O–H groups in total. The predicted octanol–water partition coefficient (Wildman–Crippen LogP) is 2.83. The van der Waals surface area contributed by atoms with Gasteiger partial charge in [-0.2, -0.15) is 0 Å². The molecule has 3 nitrogen and oxygen atoms in total. The Balaban J connectivity index is 1.78. The zero-order chi connectivity index (χ0) is 12.6. The van der Waals surface area contributed by atoms with Gasteiger partial charge in [0.15, 0.2) is 0 Å². The number of hydrogen-bond acceptors (Lipinski definition) is 2. The lowest BCUT2D eigenvalue weighted by molar-refractivity contribution is 0.0873. The number of H-pyrrole nitrogens is 1. The molecule has 0 unspecified atom stereocenters. The summed E-state index contributed by atoms with van der Waals surface area (Å²) in [5, 5.41) is 14.9. The lowest BCUT2D eigenvalue weighted by Gasteiger charge is -2.41. The topological polar surface area (TPSA) is 48.0 Å². The SMILES string of the molecule is OCC1(NCc2c[nH]c3cc(Cl)ccc23)CCC1. The molecule has 0 bridgehead atoms. The second-order valence-corrected chi connectivity index (χ2v) is 5.59. The smallest absolute Gasteiger partial charge is 0.0613 e. The summed E-state index contributed by atoms with van der Waals surface area (Å²) in [5.41, 5.74) is 2.24. The van der Waals surface area contributed by atoms with Crippen molar-refractivity contribution in [2.45, 2.75) is 31.3 Å². The Hall–Kier alpha value is -1.03. The number of benzene rings is 1. The monoisotopic (exact) mass is 264 g/mol. The molecule has 1 aromatic heterocycles. The van der Waals surface area contributed by atoms with Crippen LogP contribution in [0.4, 0.5) is 0 Å². The molecule has 1 fully saturated rings. The van der Waals surface area contributed by atoms with Crippen LogP contribution in [0.5, 0.6) is 0 Å². The number of hydrogen-bond donors (Lipinski definition) is 3. The highest BCUT2D eigenvalue weighted by atomic mass is 35.5. The first-order chi connectivity index (χ1) is 8.72. The van der Waals surface area contributed by atoms with Crippen LogP contribution >= 0.6 is 11.6 Å². The predicted molar refractivity (Wildman–Crippen MR) is 73.8 cm³/mol. The maximum Gasteiger partial charge on any atom is 0.0613 e. The fraction of sp³-hybridized carbons (Fsp3) is 0.429. The molecule has 18 heavy (non-hydrogen) atoms. The maximum absolute atomic E-state index is 9.43. The minimum atomic E-state index is -0.0456. The Bertz CT molecular complexity index is 554. The fourth-order valence-electron chi connectivity index (χ4n) is 2.58. The number of rotatable bonds is 4. The van der Waals surface area contributed by atoms with E-state index in [2.05, 4.69) is 10.3 Å². The maximum atomic E-state index is 9.43. The summed E-state index contributed by atoms with van der Waals surface area (Å²) in [4.78, 5) is 3.23. The van der Waals surface area contributed by atoms with E-state index in [0.717, 1.165) is 29.9 Å². The van der Waals surface area contributed by atoms with Gasteiger partial charge in [0.2, 0.25) is 0 Å². The van der Waals surface area contributed by atoms with E-state index in [0.29, 0.717) is 0 Å². The van der Waals surface area contributed by atoms with Crippen molar-refractivity contribution in [2.75, 3.05) is 6.61 Å². The van der Waals surface area contributed by atoms with Gasteiger partial charge in [-0.25, -0.2) is 0 Å². The van der Waals surface area contributed by atoms with Gasteiger partial charge in [0, 0.05) is 34.2 Å². The van der Waals surface area contributed by atoms with Gasteiger partial charge in [-0.15, -0.1) is 0 Å². The third kappa shape index (κ3) is 2.03. The number of fused-ring (bicyclic) bond motifs is 1. The van der Waals surface area contributed by atoms with Gasteiger partial charge in [-0.3, -0.25) is 0 Å². The highest BCUT2D eigenvalue weighted by Gasteiger charge is 2.35. The average Bonchev–Trinajstić information content (AvgIpc) is 2.71. The second-order valence-electron chi connectivity index (χ2n) is 5.15. The van der Waals surface area contributed by atoms with E-state index in [9.17, 15) is 5.11 Å². The number of aliphatic hydroxyl groups excluding tert-OH is 1. The van der Waals surface area contributed by atoms with Crippen LogP contribution < -0.4 is 5.32 Å². The summed E-state index contributed by atoms with van der Waals surface area (Å²) < 4.78 is 0. The molecule has 0 aliphatic heterocycles. The standard InChI is InChI=1S/C14H17ClN2O/c15-11-2-3-12-10(7-16-13(12)6-11)8-17-14(9-18)4-1-5-14/h2-3,6-7,16-18H,1,4-5,8-9H2. The summed E-state index contributed by atoms with van der Waals surface area (Å²) in [7, 11) is 0. The van der Waals surface area contributed by atoms with Gasteiger partial charge in [0.1, 0.15) is 0 Å². The number of halogens is 1. The van der Waals surface area contributed by atoms with Gasteiger partial charge < -0.3 is 15.4 Å². The molecule has 0 spiro atoms. The number of nitrogens with one attached hydrogen (secondary N) is 2. The second kappa shape index (κ2) is 4.57. The molecule has 1 aliphatic carbocycles. The Kier molecular flexibility index (Phi) is 3.06. The van der Waals surface area contributed by atoms with Gasteiger partial charge in [-0.1, -0.05) is 17.7 Å². The van der Waals surface area contributed by atoms with Crippen LogP contribution in [0.1, 0.15) is 24.8 Å². The van der Waals surface area contributed by atoms with Crippen molar-refractivity contribution in [3.05, 3.63) is 35.0 Å². The Morgan fingerprint density at radius 3 is 2.89 bits per heavy atom. The third-order valence-corrected chi connectivity index (χ3v) is 4.23. The van der Waals surface area contributed by atoms with Crippen molar-refractivity contribution in [3.63, 3.8) is 0 Å². The minimum Gasteiger partial charge on any atom is -0.394 e. The molecule has 0 amide bonds. The highest BCUT2D eigenvalue weighted by molar-refractivity contribution is 6.31. The summed E-state index contributed by atoms with van der Waals surface area (Å²) in [5.74, 6) is 0. The molecule has 96 valence electrons. The van der Waals surface area contributed by atoms with Gasteiger partial charge >= 0.3 is 0 Å². The first-order valence-corrected chi connectivity index (χ1v) is 6.72. The van der Waals surface area contributed by atoms with Crippen LogP contribution in [0.15, 0.2) is 24.4 Å². The molecular weight excluding hydrogens is 248 g/mol. The molecule has 0 saturated heterocycles.